The number of nitrogens with zero attached hydrogens (tertiary/aromatic N) is 3. The van der Waals surface area contributed by atoms with Gasteiger partial charge < -0.3 is 15.3 Å². The van der Waals surface area contributed by atoms with Gasteiger partial charge in [0.2, 0.25) is 10.0 Å². The molecular formula is C23H21IN4O5S. The second-order valence-electron chi connectivity index (χ2n) is 7.56. The summed E-state index contributed by atoms with van der Waals surface area (Å²) >= 11 is 1.99. The van der Waals surface area contributed by atoms with Gasteiger partial charge in [-0.3, -0.25) is 4.79 Å². The van der Waals surface area contributed by atoms with Crippen LogP contribution in [-0.4, -0.2) is 60.9 Å². The number of carboxylic acid groups (broad SMARTS) is 1. The number of aromatic carboxylic acids is 1. The summed E-state index contributed by atoms with van der Waals surface area (Å²) in [6.45, 7) is 1.59. The molecule has 0 aliphatic carbocycles. The third-order valence-corrected chi connectivity index (χ3v) is 7.97. The summed E-state index contributed by atoms with van der Waals surface area (Å²) in [5, 5.41) is 12.0. The van der Waals surface area contributed by atoms with Crippen molar-refractivity contribution >= 4 is 56.0 Å². The number of benzene rings is 2. The standard InChI is InChI=1S/C23H21IN4O5S/c24-17-7-8-20(19(15-17)23(30)31)26-22(29)16-4-3-5-18(14-16)34(32,33)28-12-10-27(11-13-28)21-6-1-2-9-25-21/h1-9,14-15H,10-13H2,(H,26,29)(H,30,31). The van der Waals surface area contributed by atoms with Gasteiger partial charge >= 0.3 is 5.97 Å². The van der Waals surface area contributed by atoms with E-state index in [2.05, 4.69) is 10.3 Å². The minimum absolute atomic E-state index is 0.00695. The smallest absolute Gasteiger partial charge is 0.337 e. The van der Waals surface area contributed by atoms with Gasteiger partial charge in [0.1, 0.15) is 5.82 Å². The second kappa shape index (κ2) is 10.1. The SMILES string of the molecule is O=C(Nc1ccc(I)cc1C(=O)O)c1cccc(S(=O)(=O)N2CCN(c3ccccn3)CC2)c1. The van der Waals surface area contributed by atoms with Crippen LogP contribution in [0.3, 0.4) is 0 Å². The van der Waals surface area contributed by atoms with Crippen LogP contribution in [-0.2, 0) is 10.0 Å². The molecule has 11 heteroatoms. The van der Waals surface area contributed by atoms with Crippen LogP contribution >= 0.6 is 22.6 Å². The van der Waals surface area contributed by atoms with E-state index in [0.717, 1.165) is 5.82 Å². The molecule has 2 aromatic carbocycles. The largest absolute Gasteiger partial charge is 0.478 e. The molecular weight excluding hydrogens is 571 g/mol. The van der Waals surface area contributed by atoms with E-state index < -0.39 is 21.9 Å². The molecule has 0 atom stereocenters. The second-order valence-corrected chi connectivity index (χ2v) is 10.7. The molecule has 1 aliphatic rings. The molecule has 1 fully saturated rings. The normalized spacial score (nSPS) is 14.6. The number of piperazine rings is 1. The van der Waals surface area contributed by atoms with Crippen LogP contribution < -0.4 is 10.2 Å². The van der Waals surface area contributed by atoms with Crippen LogP contribution in [0, 0.1) is 3.57 Å². The third kappa shape index (κ3) is 5.21. The Balaban J connectivity index is 1.50. The van der Waals surface area contributed by atoms with Gasteiger partial charge in [0, 0.05) is 41.5 Å². The van der Waals surface area contributed by atoms with Crippen LogP contribution in [0.2, 0.25) is 0 Å². The summed E-state index contributed by atoms with van der Waals surface area (Å²) in [5.41, 5.74) is 0.203. The van der Waals surface area contributed by atoms with Crippen LogP contribution in [0.15, 0.2) is 71.8 Å². The van der Waals surface area contributed by atoms with Crippen molar-refractivity contribution in [1.82, 2.24) is 9.29 Å². The number of anilines is 2. The molecule has 1 amide bonds. The van der Waals surface area contributed by atoms with Gasteiger partial charge in [-0.1, -0.05) is 12.1 Å². The molecule has 0 bridgehead atoms. The predicted octanol–water partition coefficient (Wildman–Crippen LogP) is 3.15. The lowest BCUT2D eigenvalue weighted by Crippen LogP contribution is -2.48. The average Bonchev–Trinajstić information content (AvgIpc) is 2.85. The fourth-order valence-corrected chi connectivity index (χ4v) is 5.60. The summed E-state index contributed by atoms with van der Waals surface area (Å²) in [6.07, 6.45) is 1.70. The fourth-order valence-electron chi connectivity index (χ4n) is 3.64. The Morgan fingerprint density at radius 2 is 1.74 bits per heavy atom. The Morgan fingerprint density at radius 1 is 0.971 bits per heavy atom. The topological polar surface area (TPSA) is 120 Å². The summed E-state index contributed by atoms with van der Waals surface area (Å²) in [7, 11) is -3.81. The number of pyridine rings is 1. The first kappa shape index (κ1) is 24.1. The molecule has 0 saturated carbocycles. The number of rotatable bonds is 6. The lowest BCUT2D eigenvalue weighted by Gasteiger charge is -2.34. The van der Waals surface area contributed by atoms with Crippen LogP contribution in [0.4, 0.5) is 11.5 Å². The Labute approximate surface area is 210 Å². The molecule has 34 heavy (non-hydrogen) atoms. The summed E-state index contributed by atoms with van der Waals surface area (Å²) in [6, 6.07) is 16.0. The molecule has 2 heterocycles. The molecule has 3 aromatic rings. The first-order valence-corrected chi connectivity index (χ1v) is 12.9. The van der Waals surface area contributed by atoms with Gasteiger partial charge in [-0.2, -0.15) is 4.31 Å². The highest BCUT2D eigenvalue weighted by atomic mass is 127. The number of amides is 1. The molecule has 4 rings (SSSR count). The van der Waals surface area contributed by atoms with Gasteiger partial charge in [0.05, 0.1) is 16.1 Å². The molecule has 9 nitrogen and oxygen atoms in total. The Morgan fingerprint density at radius 3 is 2.41 bits per heavy atom. The van der Waals surface area contributed by atoms with Crippen molar-refractivity contribution in [3.8, 4) is 0 Å². The number of hydrogen-bond donors (Lipinski definition) is 2. The van der Waals surface area contributed by atoms with Crippen molar-refractivity contribution in [3.63, 3.8) is 0 Å². The minimum atomic E-state index is -3.81. The van der Waals surface area contributed by atoms with Gasteiger partial charge in [0.15, 0.2) is 0 Å². The fraction of sp³-hybridized carbons (Fsp3) is 0.174. The van der Waals surface area contributed by atoms with Crippen LogP contribution in [0.5, 0.6) is 0 Å². The van der Waals surface area contributed by atoms with Crippen molar-refractivity contribution in [1.29, 1.82) is 0 Å². The summed E-state index contributed by atoms with van der Waals surface area (Å²) in [5.74, 6) is -0.967. The van der Waals surface area contributed by atoms with Crippen molar-refractivity contribution in [2.75, 3.05) is 36.4 Å². The molecule has 1 aliphatic heterocycles. The van der Waals surface area contributed by atoms with Gasteiger partial charge in [-0.15, -0.1) is 0 Å². The van der Waals surface area contributed by atoms with Crippen molar-refractivity contribution < 1.29 is 23.1 Å². The molecule has 0 spiro atoms. The van der Waals surface area contributed by atoms with E-state index >= 15 is 0 Å². The summed E-state index contributed by atoms with van der Waals surface area (Å²) in [4.78, 5) is 30.7. The lowest BCUT2D eigenvalue weighted by atomic mass is 10.1. The van der Waals surface area contributed by atoms with Crippen molar-refractivity contribution in [3.05, 3.63) is 81.6 Å². The van der Waals surface area contributed by atoms with Crippen LogP contribution in [0.1, 0.15) is 20.7 Å². The number of carbonyl (C=O) groups is 2. The maximum atomic E-state index is 13.2. The number of hydrogen-bond acceptors (Lipinski definition) is 6. The Bertz CT molecular complexity index is 1330. The zero-order chi connectivity index (χ0) is 24.3. The highest BCUT2D eigenvalue weighted by molar-refractivity contribution is 14.1. The number of aromatic nitrogens is 1. The lowest BCUT2D eigenvalue weighted by molar-refractivity contribution is 0.0698. The molecule has 176 valence electrons. The number of halogens is 1. The predicted molar refractivity (Wildman–Crippen MR) is 136 cm³/mol. The van der Waals surface area contributed by atoms with Crippen LogP contribution in [0.25, 0.3) is 0 Å². The first-order chi connectivity index (χ1) is 16.3. The zero-order valence-corrected chi connectivity index (χ0v) is 20.9. The van der Waals surface area contributed by atoms with Crippen molar-refractivity contribution in [2.24, 2.45) is 0 Å². The van der Waals surface area contributed by atoms with E-state index in [1.54, 1.807) is 12.3 Å². The number of nitrogens with one attached hydrogen (secondary N) is 1. The molecule has 2 N–H and O–H groups in total. The highest BCUT2D eigenvalue weighted by Crippen LogP contribution is 2.23. The van der Waals surface area contributed by atoms with E-state index in [1.165, 1.54) is 40.7 Å². The van der Waals surface area contributed by atoms with Crippen molar-refractivity contribution in [2.45, 2.75) is 4.90 Å². The quantitative estimate of drug-likeness (QED) is 0.422. The molecule has 1 saturated heterocycles. The van der Waals surface area contributed by atoms with E-state index in [4.69, 9.17) is 0 Å². The number of sulfonamides is 1. The monoisotopic (exact) mass is 592 g/mol. The Kier molecular flexibility index (Phi) is 7.14. The zero-order valence-electron chi connectivity index (χ0n) is 17.9. The van der Waals surface area contributed by atoms with Gasteiger partial charge in [0.25, 0.3) is 5.91 Å². The van der Waals surface area contributed by atoms with E-state index in [0.29, 0.717) is 29.7 Å². The first-order valence-electron chi connectivity index (χ1n) is 10.4. The average molecular weight is 592 g/mol. The van der Waals surface area contributed by atoms with E-state index in [1.807, 2.05) is 45.7 Å². The Hall–Kier alpha value is -3.03. The summed E-state index contributed by atoms with van der Waals surface area (Å²) < 4.78 is 28.6. The maximum Gasteiger partial charge on any atom is 0.337 e. The highest BCUT2D eigenvalue weighted by Gasteiger charge is 2.29. The third-order valence-electron chi connectivity index (χ3n) is 5.41. The molecule has 0 unspecified atom stereocenters. The number of carboxylic acids is 1. The van der Waals surface area contributed by atoms with Gasteiger partial charge in [-0.25, -0.2) is 18.2 Å². The molecule has 0 radical (unpaired) electrons. The van der Waals surface area contributed by atoms with E-state index in [9.17, 15) is 23.1 Å². The molecule has 1 aromatic heterocycles. The minimum Gasteiger partial charge on any atom is -0.478 e. The maximum absolute atomic E-state index is 13.2. The number of carbonyl (C=O) groups excluding carboxylic acids is 1. The van der Waals surface area contributed by atoms with Gasteiger partial charge in [-0.05, 0) is 71.1 Å². The van der Waals surface area contributed by atoms with E-state index in [-0.39, 0.29) is 21.7 Å².